The molecular weight excluding hydrogens is 546 g/mol. The van der Waals surface area contributed by atoms with Crippen molar-refractivity contribution in [3.8, 4) is 11.1 Å². The molecule has 0 radical (unpaired) electrons. The summed E-state index contributed by atoms with van der Waals surface area (Å²) in [6.07, 6.45) is 8.93. The molecule has 10 heteroatoms. The molecular formula is C31H27ClF2N6O. The fourth-order valence-electron chi connectivity index (χ4n) is 5.37. The van der Waals surface area contributed by atoms with Crippen LogP contribution in [0.3, 0.4) is 0 Å². The number of likely N-dealkylation sites (tertiary alicyclic amines) is 1. The van der Waals surface area contributed by atoms with Crippen molar-refractivity contribution in [2.45, 2.75) is 18.9 Å². The van der Waals surface area contributed by atoms with Crippen LogP contribution in [-0.4, -0.2) is 45.0 Å². The van der Waals surface area contributed by atoms with Crippen molar-refractivity contribution in [1.82, 2.24) is 19.4 Å². The lowest BCUT2D eigenvalue weighted by Gasteiger charge is -2.18. The van der Waals surface area contributed by atoms with E-state index < -0.39 is 16.7 Å². The second-order valence-electron chi connectivity index (χ2n) is 10.2. The van der Waals surface area contributed by atoms with Crippen molar-refractivity contribution in [2.75, 3.05) is 24.2 Å². The first-order chi connectivity index (χ1) is 19.8. The molecule has 5 aromatic rings. The Balaban J connectivity index is 1.50. The number of amides is 1. The Kier molecular flexibility index (Phi) is 7.15. The Morgan fingerprint density at radius 2 is 1.90 bits per heavy atom. The minimum absolute atomic E-state index is 0.0432. The third-order valence-corrected chi connectivity index (χ3v) is 7.92. The number of anilines is 3. The summed E-state index contributed by atoms with van der Waals surface area (Å²) in [5.41, 5.74) is 3.51. The maximum atomic E-state index is 14.9. The number of carbonyl (C=O) groups excluding carboxylic acids is 1. The second-order valence-corrected chi connectivity index (χ2v) is 10.6. The molecule has 0 spiro atoms. The van der Waals surface area contributed by atoms with Gasteiger partial charge in [-0.25, -0.2) is 18.7 Å². The molecule has 1 aliphatic heterocycles. The number of rotatable bonds is 6. The number of likely N-dealkylation sites (N-methyl/N-ethyl adjacent to an activating group) is 1. The van der Waals surface area contributed by atoms with Crippen LogP contribution in [0.1, 0.15) is 12.8 Å². The molecule has 1 saturated heterocycles. The van der Waals surface area contributed by atoms with Gasteiger partial charge in [-0.2, -0.15) is 0 Å². The molecule has 1 unspecified atom stereocenters. The summed E-state index contributed by atoms with van der Waals surface area (Å²) >= 11 is 5.84. The molecule has 208 valence electrons. The van der Waals surface area contributed by atoms with Gasteiger partial charge in [0.05, 0.1) is 16.6 Å². The monoisotopic (exact) mass is 572 g/mol. The smallest absolute Gasteiger partial charge is 0.248 e. The van der Waals surface area contributed by atoms with Crippen LogP contribution in [-0.2, 0) is 11.8 Å². The molecule has 0 saturated carbocycles. The maximum Gasteiger partial charge on any atom is 0.248 e. The van der Waals surface area contributed by atoms with E-state index in [1.54, 1.807) is 18.2 Å². The minimum Gasteiger partial charge on any atom is -0.351 e. The summed E-state index contributed by atoms with van der Waals surface area (Å²) in [5.74, 6) is -1.79. The standard InChI is InChI=1S/C31H27ClF2N6O/c1-39-14-3-4-20(39)7-12-26(41)37-23-11-10-22-28(27(23)19-6-5-18-13-15-40(2)25(18)16-19)31(36-17-35-22)38-24-9-8-21(33)29(32)30(24)34/h5-13,15-17,20H,3-4,14H2,1-2H3,(H,37,41)(H,35,36,38)/b12-7+. The molecule has 3 aromatic carbocycles. The fourth-order valence-corrected chi connectivity index (χ4v) is 5.54. The topological polar surface area (TPSA) is 75.1 Å². The van der Waals surface area contributed by atoms with Crippen LogP contribution in [0.2, 0.25) is 5.02 Å². The van der Waals surface area contributed by atoms with E-state index >= 15 is 0 Å². The van der Waals surface area contributed by atoms with Gasteiger partial charge in [-0.1, -0.05) is 29.8 Å². The number of carbonyl (C=O) groups is 1. The number of aromatic nitrogens is 3. The number of benzene rings is 3. The van der Waals surface area contributed by atoms with Crippen molar-refractivity contribution >= 4 is 56.5 Å². The zero-order valence-electron chi connectivity index (χ0n) is 22.5. The van der Waals surface area contributed by atoms with Gasteiger partial charge in [0.2, 0.25) is 5.91 Å². The van der Waals surface area contributed by atoms with E-state index in [0.29, 0.717) is 22.2 Å². The maximum absolute atomic E-state index is 14.9. The zero-order valence-corrected chi connectivity index (χ0v) is 23.2. The third kappa shape index (κ3) is 5.14. The summed E-state index contributed by atoms with van der Waals surface area (Å²) in [4.78, 5) is 24.2. The second kappa shape index (κ2) is 10.9. The SMILES string of the molecule is CN1CCCC1/C=C/C(=O)Nc1ccc2ncnc(Nc3ccc(F)c(Cl)c3F)c2c1-c1ccc2ccn(C)c2c1. The molecule has 2 N–H and O–H groups in total. The van der Waals surface area contributed by atoms with Gasteiger partial charge in [-0.05, 0) is 73.8 Å². The van der Waals surface area contributed by atoms with Gasteiger partial charge in [0.25, 0.3) is 0 Å². The fraction of sp³-hybridized carbons (Fsp3) is 0.194. The summed E-state index contributed by atoms with van der Waals surface area (Å²) < 4.78 is 30.8. The highest BCUT2D eigenvalue weighted by Gasteiger charge is 2.21. The molecule has 6 rings (SSSR count). The van der Waals surface area contributed by atoms with Gasteiger partial charge in [0.1, 0.15) is 23.0 Å². The van der Waals surface area contributed by atoms with Gasteiger partial charge in [0, 0.05) is 42.1 Å². The van der Waals surface area contributed by atoms with E-state index in [0.717, 1.165) is 41.9 Å². The highest BCUT2D eigenvalue weighted by atomic mass is 35.5. The molecule has 3 heterocycles. The minimum atomic E-state index is -0.934. The Morgan fingerprint density at radius 1 is 1.07 bits per heavy atom. The first kappa shape index (κ1) is 26.9. The van der Waals surface area contributed by atoms with Gasteiger partial charge < -0.3 is 15.2 Å². The number of hydrogen-bond donors (Lipinski definition) is 2. The largest absolute Gasteiger partial charge is 0.351 e. The van der Waals surface area contributed by atoms with Crippen LogP contribution in [0.25, 0.3) is 32.9 Å². The number of fused-ring (bicyclic) bond motifs is 2. The Hall–Kier alpha value is -4.34. The lowest BCUT2D eigenvalue weighted by molar-refractivity contribution is -0.111. The lowest BCUT2D eigenvalue weighted by Crippen LogP contribution is -2.23. The van der Waals surface area contributed by atoms with E-state index in [1.165, 1.54) is 12.4 Å². The highest BCUT2D eigenvalue weighted by molar-refractivity contribution is 6.31. The number of aryl methyl sites for hydroxylation is 1. The van der Waals surface area contributed by atoms with Gasteiger partial charge in [-0.3, -0.25) is 9.69 Å². The van der Waals surface area contributed by atoms with Crippen molar-refractivity contribution in [3.63, 3.8) is 0 Å². The first-order valence-electron chi connectivity index (χ1n) is 13.2. The van der Waals surface area contributed by atoms with Crippen LogP contribution in [0.15, 0.2) is 73.2 Å². The average Bonchev–Trinajstić information content (AvgIpc) is 3.56. The third-order valence-electron chi connectivity index (χ3n) is 7.57. The number of nitrogens with one attached hydrogen (secondary N) is 2. The first-order valence-corrected chi connectivity index (χ1v) is 13.6. The Labute approximate surface area is 240 Å². The summed E-state index contributed by atoms with van der Waals surface area (Å²) in [6.45, 7) is 1.00. The number of halogens is 3. The molecule has 0 aliphatic carbocycles. The summed E-state index contributed by atoms with van der Waals surface area (Å²) in [5, 5.41) is 7.00. The van der Waals surface area contributed by atoms with Crippen molar-refractivity contribution in [1.29, 1.82) is 0 Å². The van der Waals surface area contributed by atoms with E-state index in [-0.39, 0.29) is 23.5 Å². The van der Waals surface area contributed by atoms with Crippen LogP contribution in [0.4, 0.5) is 26.0 Å². The molecule has 41 heavy (non-hydrogen) atoms. The molecule has 1 amide bonds. The Morgan fingerprint density at radius 3 is 2.71 bits per heavy atom. The van der Waals surface area contributed by atoms with Crippen molar-refractivity contribution in [3.05, 3.63) is 89.9 Å². The van der Waals surface area contributed by atoms with Gasteiger partial charge >= 0.3 is 0 Å². The zero-order chi connectivity index (χ0) is 28.7. The molecule has 2 aromatic heterocycles. The summed E-state index contributed by atoms with van der Waals surface area (Å²) in [7, 11) is 4.01. The normalized spacial score (nSPS) is 15.8. The van der Waals surface area contributed by atoms with Crippen molar-refractivity contribution in [2.24, 2.45) is 7.05 Å². The molecule has 0 bridgehead atoms. The van der Waals surface area contributed by atoms with E-state index in [1.807, 2.05) is 55.2 Å². The van der Waals surface area contributed by atoms with E-state index in [9.17, 15) is 13.6 Å². The van der Waals surface area contributed by atoms with Crippen LogP contribution < -0.4 is 10.6 Å². The molecule has 1 atom stereocenters. The van der Waals surface area contributed by atoms with Crippen LogP contribution in [0, 0.1) is 11.6 Å². The number of hydrogen-bond acceptors (Lipinski definition) is 5. The quantitative estimate of drug-likeness (QED) is 0.168. The van der Waals surface area contributed by atoms with E-state index in [4.69, 9.17) is 11.6 Å². The number of nitrogens with zero attached hydrogens (tertiary/aromatic N) is 4. The molecule has 1 fully saturated rings. The van der Waals surface area contributed by atoms with Crippen molar-refractivity contribution < 1.29 is 13.6 Å². The molecule has 7 nitrogen and oxygen atoms in total. The van der Waals surface area contributed by atoms with Crippen LogP contribution in [0.5, 0.6) is 0 Å². The lowest BCUT2D eigenvalue weighted by atomic mass is 9.97. The predicted molar refractivity (Wildman–Crippen MR) is 160 cm³/mol. The van der Waals surface area contributed by atoms with E-state index in [2.05, 4.69) is 25.5 Å². The van der Waals surface area contributed by atoms with Gasteiger partial charge in [-0.15, -0.1) is 0 Å². The highest BCUT2D eigenvalue weighted by Crippen LogP contribution is 2.40. The summed E-state index contributed by atoms with van der Waals surface area (Å²) in [6, 6.07) is 14.1. The van der Waals surface area contributed by atoms with Gasteiger partial charge in [0.15, 0.2) is 5.82 Å². The van der Waals surface area contributed by atoms with Crippen LogP contribution >= 0.6 is 11.6 Å². The predicted octanol–water partition coefficient (Wildman–Crippen LogP) is 7.05. The molecule has 1 aliphatic rings. The average molecular weight is 573 g/mol. The Bertz CT molecular complexity index is 1840.